The number of aromatic nitrogens is 1. The first-order valence-corrected chi connectivity index (χ1v) is 15.5. The molecule has 2 heteroatoms. The predicted molar refractivity (Wildman–Crippen MR) is 192 cm³/mol. The molecule has 0 N–H and O–H groups in total. The Morgan fingerprint density at radius 3 is 1.18 bits per heavy atom. The molecule has 0 radical (unpaired) electrons. The Bertz CT molecular complexity index is 2840. The van der Waals surface area contributed by atoms with Crippen molar-refractivity contribution in [1.82, 2.24) is 4.57 Å². The molecule has 45 heavy (non-hydrogen) atoms. The number of methoxy groups -OCH3 is 1. The van der Waals surface area contributed by atoms with Gasteiger partial charge in [-0.2, -0.15) is 0 Å². The molecule has 0 atom stereocenters. The summed E-state index contributed by atoms with van der Waals surface area (Å²) in [6.45, 7) is 0. The van der Waals surface area contributed by atoms with Crippen LogP contribution in [0.3, 0.4) is 0 Å². The topological polar surface area (TPSA) is 14.2 Å². The Morgan fingerprint density at radius 1 is 0.333 bits per heavy atom. The van der Waals surface area contributed by atoms with Gasteiger partial charge in [0.1, 0.15) is 5.75 Å². The fourth-order valence-electron chi connectivity index (χ4n) is 7.82. The van der Waals surface area contributed by atoms with E-state index in [0.29, 0.717) is 0 Å². The second-order valence-corrected chi connectivity index (χ2v) is 12.0. The quantitative estimate of drug-likeness (QED) is 0.188. The highest BCUT2D eigenvalue weighted by Crippen LogP contribution is 2.44. The SMILES string of the molecule is COc1ccc2c(c1)c1ccccc1c1cc3c4cc5c6ccccc6c6ccccc6c5cc4n(-c4ccccc4)c3cc21. The molecule has 10 rings (SSSR count). The summed E-state index contributed by atoms with van der Waals surface area (Å²) in [5, 5.41) is 17.7. The van der Waals surface area contributed by atoms with E-state index < -0.39 is 0 Å². The molecule has 0 fully saturated rings. The number of nitrogens with zero attached hydrogens (tertiary/aromatic N) is 1. The highest BCUT2D eigenvalue weighted by Gasteiger charge is 2.19. The second-order valence-electron chi connectivity index (χ2n) is 12.0. The summed E-state index contributed by atoms with van der Waals surface area (Å²) < 4.78 is 8.12. The number of hydrogen-bond acceptors (Lipinski definition) is 1. The van der Waals surface area contributed by atoms with Crippen molar-refractivity contribution in [2.45, 2.75) is 0 Å². The first kappa shape index (κ1) is 24.6. The summed E-state index contributed by atoms with van der Waals surface area (Å²) in [4.78, 5) is 0. The molecular formula is C43H27NO. The Morgan fingerprint density at radius 2 is 0.711 bits per heavy atom. The average Bonchev–Trinajstić information content (AvgIpc) is 3.42. The van der Waals surface area contributed by atoms with Gasteiger partial charge in [-0.1, -0.05) is 97.1 Å². The van der Waals surface area contributed by atoms with Crippen molar-refractivity contribution < 1.29 is 4.74 Å². The number of hydrogen-bond donors (Lipinski definition) is 0. The largest absolute Gasteiger partial charge is 0.497 e. The van der Waals surface area contributed by atoms with Crippen LogP contribution in [0.4, 0.5) is 0 Å². The number of rotatable bonds is 2. The van der Waals surface area contributed by atoms with Gasteiger partial charge in [-0.05, 0) is 113 Å². The highest BCUT2D eigenvalue weighted by molar-refractivity contribution is 6.32. The molecule has 210 valence electrons. The van der Waals surface area contributed by atoms with Crippen molar-refractivity contribution in [2.75, 3.05) is 7.11 Å². The molecule has 1 aromatic heterocycles. The summed E-state index contributed by atoms with van der Waals surface area (Å²) in [6.07, 6.45) is 0. The summed E-state index contributed by atoms with van der Waals surface area (Å²) in [5.74, 6) is 0.873. The first-order valence-electron chi connectivity index (χ1n) is 15.5. The van der Waals surface area contributed by atoms with E-state index in [1.165, 1.54) is 86.4 Å². The molecule has 0 aliphatic carbocycles. The maximum Gasteiger partial charge on any atom is 0.119 e. The van der Waals surface area contributed by atoms with E-state index >= 15 is 0 Å². The van der Waals surface area contributed by atoms with Crippen LogP contribution in [-0.2, 0) is 0 Å². The zero-order valence-electron chi connectivity index (χ0n) is 24.7. The number of ether oxygens (including phenoxy) is 1. The second kappa shape index (κ2) is 9.07. The lowest BCUT2D eigenvalue weighted by Gasteiger charge is -2.13. The molecule has 0 saturated heterocycles. The zero-order valence-corrected chi connectivity index (χ0v) is 24.7. The molecule has 0 amide bonds. The summed E-state index contributed by atoms with van der Waals surface area (Å²) in [6, 6.07) is 53.4. The zero-order chi connectivity index (χ0) is 29.6. The molecule has 0 aliphatic rings. The van der Waals surface area contributed by atoms with Crippen LogP contribution >= 0.6 is 0 Å². The Hall–Kier alpha value is -5.86. The third-order valence-electron chi connectivity index (χ3n) is 9.81. The monoisotopic (exact) mass is 573 g/mol. The van der Waals surface area contributed by atoms with Crippen LogP contribution in [0.2, 0.25) is 0 Å². The molecule has 0 unspecified atom stereocenters. The van der Waals surface area contributed by atoms with Gasteiger partial charge in [0.25, 0.3) is 0 Å². The molecule has 1 heterocycles. The normalized spacial score (nSPS) is 12.1. The van der Waals surface area contributed by atoms with Crippen molar-refractivity contribution in [3.8, 4) is 11.4 Å². The van der Waals surface area contributed by atoms with Gasteiger partial charge in [-0.25, -0.2) is 0 Å². The fraction of sp³-hybridized carbons (Fsp3) is 0.0233. The standard InChI is InChI=1S/C43H27NO/c1-45-27-19-20-34-35(21-27)32-17-9-10-18-33(32)37-23-41-40-22-36-30-15-7-5-13-28(30)29-14-6-8-16-31(29)38(36)24-42(40)44(43(41)25-39(34)37)26-11-3-2-4-12-26/h2-25H,1H3. The maximum absolute atomic E-state index is 5.66. The lowest BCUT2D eigenvalue weighted by atomic mass is 9.92. The van der Waals surface area contributed by atoms with Crippen LogP contribution in [0.25, 0.3) is 92.1 Å². The van der Waals surface area contributed by atoms with Crippen molar-refractivity contribution >= 4 is 86.4 Å². The van der Waals surface area contributed by atoms with Crippen molar-refractivity contribution in [3.63, 3.8) is 0 Å². The van der Waals surface area contributed by atoms with Gasteiger partial charge in [0, 0.05) is 16.5 Å². The highest BCUT2D eigenvalue weighted by atomic mass is 16.5. The van der Waals surface area contributed by atoms with Gasteiger partial charge in [0.15, 0.2) is 0 Å². The molecule has 10 aromatic rings. The van der Waals surface area contributed by atoms with E-state index in [0.717, 1.165) is 11.4 Å². The summed E-state index contributed by atoms with van der Waals surface area (Å²) >= 11 is 0. The average molecular weight is 574 g/mol. The van der Waals surface area contributed by atoms with E-state index in [2.05, 4.69) is 150 Å². The third kappa shape index (κ3) is 3.34. The van der Waals surface area contributed by atoms with Gasteiger partial charge in [-0.3, -0.25) is 0 Å². The predicted octanol–water partition coefficient (Wildman–Crippen LogP) is 11.7. The van der Waals surface area contributed by atoms with E-state index in [1.807, 2.05) is 0 Å². The molecule has 2 nitrogen and oxygen atoms in total. The van der Waals surface area contributed by atoms with Crippen molar-refractivity contribution in [1.29, 1.82) is 0 Å². The lowest BCUT2D eigenvalue weighted by molar-refractivity contribution is 0.415. The summed E-state index contributed by atoms with van der Waals surface area (Å²) in [5.41, 5.74) is 3.59. The minimum absolute atomic E-state index is 0.873. The molecule has 9 aromatic carbocycles. The van der Waals surface area contributed by atoms with Crippen LogP contribution in [0.15, 0.2) is 146 Å². The van der Waals surface area contributed by atoms with Gasteiger partial charge < -0.3 is 9.30 Å². The van der Waals surface area contributed by atoms with E-state index in [1.54, 1.807) is 7.11 Å². The molecule has 0 aliphatic heterocycles. The van der Waals surface area contributed by atoms with Crippen LogP contribution in [-0.4, -0.2) is 11.7 Å². The fourth-order valence-corrected chi connectivity index (χ4v) is 7.82. The van der Waals surface area contributed by atoms with Gasteiger partial charge in [0.05, 0.1) is 18.1 Å². The van der Waals surface area contributed by atoms with Gasteiger partial charge >= 0.3 is 0 Å². The molecule has 0 bridgehead atoms. The van der Waals surface area contributed by atoms with E-state index in [9.17, 15) is 0 Å². The third-order valence-corrected chi connectivity index (χ3v) is 9.81. The van der Waals surface area contributed by atoms with Crippen LogP contribution in [0.1, 0.15) is 0 Å². The van der Waals surface area contributed by atoms with Crippen LogP contribution in [0, 0.1) is 0 Å². The number of para-hydroxylation sites is 1. The molecular weight excluding hydrogens is 546 g/mol. The maximum atomic E-state index is 5.66. The minimum Gasteiger partial charge on any atom is -0.497 e. The van der Waals surface area contributed by atoms with E-state index in [4.69, 9.17) is 4.74 Å². The first-order chi connectivity index (χ1) is 22.3. The van der Waals surface area contributed by atoms with Gasteiger partial charge in [-0.15, -0.1) is 0 Å². The number of fused-ring (bicyclic) bond motifs is 15. The smallest absolute Gasteiger partial charge is 0.119 e. The van der Waals surface area contributed by atoms with E-state index in [-0.39, 0.29) is 0 Å². The molecule has 0 spiro atoms. The van der Waals surface area contributed by atoms with Crippen molar-refractivity contribution in [2.24, 2.45) is 0 Å². The van der Waals surface area contributed by atoms with Crippen molar-refractivity contribution in [3.05, 3.63) is 146 Å². The lowest BCUT2D eigenvalue weighted by Crippen LogP contribution is -1.94. The minimum atomic E-state index is 0.873. The number of benzene rings is 9. The Balaban J connectivity index is 1.46. The Labute approximate surface area is 259 Å². The molecule has 0 saturated carbocycles. The van der Waals surface area contributed by atoms with Crippen LogP contribution < -0.4 is 4.74 Å². The summed E-state index contributed by atoms with van der Waals surface area (Å²) in [7, 11) is 1.74. The van der Waals surface area contributed by atoms with Crippen LogP contribution in [0.5, 0.6) is 5.75 Å². The van der Waals surface area contributed by atoms with Gasteiger partial charge in [0.2, 0.25) is 0 Å². The Kier molecular flexibility index (Phi) is 4.95.